The van der Waals surface area contributed by atoms with Crippen LogP contribution in [-0.4, -0.2) is 51.4 Å². The summed E-state index contributed by atoms with van der Waals surface area (Å²) in [6.45, 7) is 2.19. The Morgan fingerprint density at radius 3 is 2.49 bits per heavy atom. The number of rotatable bonds is 6. The second-order valence-corrected chi connectivity index (χ2v) is 9.83. The van der Waals surface area contributed by atoms with Gasteiger partial charge in [0.1, 0.15) is 5.56 Å². The number of alkyl halides is 3. The molecule has 2 aliphatic carbocycles. The zero-order valence-electron chi connectivity index (χ0n) is 18.9. The highest BCUT2D eigenvalue weighted by Gasteiger charge is 2.56. The Hall–Kier alpha value is -3.10. The summed E-state index contributed by atoms with van der Waals surface area (Å²) in [5.74, 6) is 0.691. The number of carbonyl (C=O) groups is 1. The van der Waals surface area contributed by atoms with E-state index < -0.39 is 17.6 Å². The van der Waals surface area contributed by atoms with Gasteiger partial charge in [0.05, 0.1) is 23.6 Å². The van der Waals surface area contributed by atoms with Crippen molar-refractivity contribution >= 4 is 17.4 Å². The predicted molar refractivity (Wildman–Crippen MR) is 120 cm³/mol. The van der Waals surface area contributed by atoms with E-state index in [9.17, 15) is 28.3 Å². The van der Waals surface area contributed by atoms with E-state index in [4.69, 9.17) is 5.73 Å². The summed E-state index contributed by atoms with van der Waals surface area (Å²) < 4.78 is 40.1. The number of fused-ring (bicyclic) bond motifs is 1. The van der Waals surface area contributed by atoms with Crippen molar-refractivity contribution in [3.63, 3.8) is 0 Å². The Balaban J connectivity index is 1.30. The van der Waals surface area contributed by atoms with Crippen LogP contribution in [0.25, 0.3) is 0 Å². The van der Waals surface area contributed by atoms with Gasteiger partial charge in [-0.05, 0) is 61.3 Å². The molecule has 1 aromatic heterocycles. The predicted octanol–water partition coefficient (Wildman–Crippen LogP) is 3.15. The first-order chi connectivity index (χ1) is 16.7. The lowest BCUT2D eigenvalue weighted by atomic mass is 9.81. The lowest BCUT2D eigenvalue weighted by Crippen LogP contribution is -2.42. The molecule has 5 rings (SSSR count). The largest absolute Gasteiger partial charge is 0.416 e. The van der Waals surface area contributed by atoms with Crippen molar-refractivity contribution < 1.29 is 23.1 Å². The van der Waals surface area contributed by atoms with Crippen molar-refractivity contribution in [2.75, 3.05) is 25.0 Å². The SMILES string of the molecule is N#CC1CC(N2CC3C(CO)C3C2)CCC1n1cc(C(N)=O)c(Nc2ccc(C(F)(F)F)cc2)n1. The van der Waals surface area contributed by atoms with Gasteiger partial charge in [-0.1, -0.05) is 0 Å². The van der Waals surface area contributed by atoms with Crippen molar-refractivity contribution in [3.05, 3.63) is 41.6 Å². The van der Waals surface area contributed by atoms with Gasteiger partial charge in [-0.2, -0.15) is 23.5 Å². The Bertz CT molecular complexity index is 1130. The lowest BCUT2D eigenvalue weighted by molar-refractivity contribution is -0.137. The van der Waals surface area contributed by atoms with E-state index in [1.165, 1.54) is 18.3 Å². The Kier molecular flexibility index (Phi) is 5.97. The summed E-state index contributed by atoms with van der Waals surface area (Å²) >= 11 is 0. The minimum absolute atomic E-state index is 0.110. The van der Waals surface area contributed by atoms with Crippen molar-refractivity contribution in [2.24, 2.45) is 29.4 Å². The number of halogens is 3. The number of benzene rings is 1. The van der Waals surface area contributed by atoms with Crippen molar-refractivity contribution in [1.29, 1.82) is 5.26 Å². The molecule has 1 amide bonds. The number of piperidine rings is 1. The monoisotopic (exact) mass is 488 g/mol. The van der Waals surface area contributed by atoms with Crippen LogP contribution < -0.4 is 11.1 Å². The Morgan fingerprint density at radius 1 is 1.23 bits per heavy atom. The van der Waals surface area contributed by atoms with E-state index in [1.807, 2.05) is 0 Å². The maximum Gasteiger partial charge on any atom is 0.416 e. The molecule has 1 aromatic carbocycles. The molecule has 186 valence electrons. The summed E-state index contributed by atoms with van der Waals surface area (Å²) in [5.41, 5.74) is 5.20. The third-order valence-corrected chi connectivity index (χ3v) is 7.89. The number of nitrogens with one attached hydrogen (secondary N) is 1. The fourth-order valence-electron chi connectivity index (χ4n) is 5.88. The number of amides is 1. The molecule has 0 radical (unpaired) electrons. The number of nitriles is 1. The van der Waals surface area contributed by atoms with Gasteiger partial charge in [0.25, 0.3) is 5.91 Å². The van der Waals surface area contributed by atoms with E-state index in [-0.39, 0.29) is 29.9 Å². The van der Waals surface area contributed by atoms with Gasteiger partial charge >= 0.3 is 6.18 Å². The highest BCUT2D eigenvalue weighted by atomic mass is 19.4. The fourth-order valence-corrected chi connectivity index (χ4v) is 5.88. The minimum Gasteiger partial charge on any atom is -0.396 e. The minimum atomic E-state index is -4.44. The van der Waals surface area contributed by atoms with E-state index in [2.05, 4.69) is 21.4 Å². The third-order valence-electron chi connectivity index (χ3n) is 7.89. The van der Waals surface area contributed by atoms with Crippen LogP contribution in [0.3, 0.4) is 0 Å². The van der Waals surface area contributed by atoms with Crippen LogP contribution in [-0.2, 0) is 6.18 Å². The molecular formula is C24H27F3N6O2. The third kappa shape index (κ3) is 4.48. The Morgan fingerprint density at radius 2 is 1.91 bits per heavy atom. The van der Waals surface area contributed by atoms with Crippen molar-refractivity contribution in [1.82, 2.24) is 14.7 Å². The zero-order chi connectivity index (χ0) is 24.9. The molecule has 0 spiro atoms. The smallest absolute Gasteiger partial charge is 0.396 e. The van der Waals surface area contributed by atoms with Gasteiger partial charge in [-0.3, -0.25) is 14.4 Å². The molecule has 11 heteroatoms. The van der Waals surface area contributed by atoms with Gasteiger partial charge in [0.15, 0.2) is 5.82 Å². The van der Waals surface area contributed by atoms with E-state index in [1.54, 1.807) is 4.68 Å². The molecule has 3 aliphatic rings. The van der Waals surface area contributed by atoms with Crippen LogP contribution in [0.15, 0.2) is 30.5 Å². The van der Waals surface area contributed by atoms with E-state index in [0.29, 0.717) is 42.3 Å². The lowest BCUT2D eigenvalue weighted by Gasteiger charge is -2.38. The van der Waals surface area contributed by atoms with Crippen molar-refractivity contribution in [3.8, 4) is 6.07 Å². The van der Waals surface area contributed by atoms with Gasteiger partial charge in [-0.15, -0.1) is 0 Å². The number of likely N-dealkylation sites (tertiary alicyclic amines) is 1. The van der Waals surface area contributed by atoms with Gasteiger partial charge in [0.2, 0.25) is 0 Å². The summed E-state index contributed by atoms with van der Waals surface area (Å²) in [5, 5.41) is 26.6. The van der Waals surface area contributed by atoms with Crippen LogP contribution in [0.4, 0.5) is 24.7 Å². The van der Waals surface area contributed by atoms with Gasteiger partial charge in [0, 0.05) is 37.6 Å². The summed E-state index contributed by atoms with van der Waals surface area (Å²) in [7, 11) is 0. The number of carbonyl (C=O) groups excluding carboxylic acids is 1. The molecular weight excluding hydrogens is 461 g/mol. The molecule has 1 aliphatic heterocycles. The summed E-state index contributed by atoms with van der Waals surface area (Å²) in [4.78, 5) is 14.5. The van der Waals surface area contributed by atoms with Gasteiger partial charge < -0.3 is 16.2 Å². The Labute approximate surface area is 200 Å². The fraction of sp³-hybridized carbons (Fsp3) is 0.542. The number of aromatic nitrogens is 2. The maximum atomic E-state index is 12.8. The maximum absolute atomic E-state index is 12.8. The molecule has 0 bridgehead atoms. The van der Waals surface area contributed by atoms with Crippen LogP contribution in [0.2, 0.25) is 0 Å². The van der Waals surface area contributed by atoms with E-state index >= 15 is 0 Å². The number of primary amides is 1. The van der Waals surface area contributed by atoms with Crippen LogP contribution >= 0.6 is 0 Å². The first-order valence-electron chi connectivity index (χ1n) is 11.8. The number of nitrogens with zero attached hydrogens (tertiary/aromatic N) is 4. The molecule has 5 unspecified atom stereocenters. The zero-order valence-corrected chi connectivity index (χ0v) is 18.9. The average Bonchev–Trinajstić information content (AvgIpc) is 3.13. The number of hydrogen-bond acceptors (Lipinski definition) is 6. The quantitative estimate of drug-likeness (QED) is 0.575. The second kappa shape index (κ2) is 8.84. The van der Waals surface area contributed by atoms with Crippen LogP contribution in [0, 0.1) is 35.0 Å². The first-order valence-corrected chi connectivity index (χ1v) is 11.8. The molecule has 4 N–H and O–H groups in total. The number of nitrogens with two attached hydrogens (primary N) is 1. The average molecular weight is 489 g/mol. The number of aliphatic hydroxyl groups excluding tert-OH is 1. The topological polar surface area (TPSA) is 120 Å². The molecule has 2 aromatic rings. The molecule has 2 heterocycles. The first kappa shape index (κ1) is 23.6. The molecule has 8 nitrogen and oxygen atoms in total. The number of aliphatic hydroxyl groups is 1. The van der Waals surface area contributed by atoms with Crippen LogP contribution in [0.1, 0.15) is 41.2 Å². The molecule has 5 atom stereocenters. The van der Waals surface area contributed by atoms with Gasteiger partial charge in [-0.25, -0.2) is 0 Å². The van der Waals surface area contributed by atoms with Crippen LogP contribution in [0.5, 0.6) is 0 Å². The second-order valence-electron chi connectivity index (χ2n) is 9.83. The molecule has 3 fully saturated rings. The normalized spacial score (nSPS) is 30.5. The molecule has 2 saturated carbocycles. The summed E-state index contributed by atoms with van der Waals surface area (Å²) in [6.07, 6.45) is -0.643. The highest BCUT2D eigenvalue weighted by molar-refractivity contribution is 5.98. The number of hydrogen-bond donors (Lipinski definition) is 3. The molecule has 1 saturated heterocycles. The summed E-state index contributed by atoms with van der Waals surface area (Å²) in [6, 6.07) is 6.89. The highest BCUT2D eigenvalue weighted by Crippen LogP contribution is 2.53. The number of anilines is 2. The standard InChI is InChI=1S/C24H27F3N6O2/c25-24(26,27)14-1-3-15(4-2-14)30-23-19(22(29)35)11-33(31-23)21-6-5-16(7-13(21)8-28)32-9-17-18(10-32)20(17)12-34/h1-4,11,13,16-18,20-21,34H,5-7,9-10,12H2,(H2,29,35)(H,30,31). The molecule has 35 heavy (non-hydrogen) atoms. The van der Waals surface area contributed by atoms with E-state index in [0.717, 1.165) is 31.6 Å². The van der Waals surface area contributed by atoms with Crippen molar-refractivity contribution in [2.45, 2.75) is 37.5 Å².